The Labute approximate surface area is 172 Å². The number of aryl methyl sites for hydroxylation is 2. The van der Waals surface area contributed by atoms with Gasteiger partial charge < -0.3 is 5.32 Å². The number of anilines is 1. The molecule has 6 heteroatoms. The highest BCUT2D eigenvalue weighted by atomic mass is 32.2. The molecule has 1 heterocycles. The number of nitrogens with one attached hydrogen (secondary N) is 1. The first-order chi connectivity index (χ1) is 13.5. The van der Waals surface area contributed by atoms with Gasteiger partial charge in [0.15, 0.2) is 5.17 Å². The average Bonchev–Trinajstić information content (AvgIpc) is 2.83. The first kappa shape index (κ1) is 20.9. The van der Waals surface area contributed by atoms with E-state index in [9.17, 15) is 9.59 Å². The van der Waals surface area contributed by atoms with Crippen LogP contribution in [-0.4, -0.2) is 39.7 Å². The molecule has 1 saturated carbocycles. The van der Waals surface area contributed by atoms with Crippen molar-refractivity contribution < 1.29 is 9.59 Å². The van der Waals surface area contributed by atoms with Crippen molar-refractivity contribution in [3.8, 4) is 0 Å². The molecule has 1 saturated heterocycles. The van der Waals surface area contributed by atoms with Gasteiger partial charge in [-0.05, 0) is 56.9 Å². The lowest BCUT2D eigenvalue weighted by Gasteiger charge is -2.26. The number of nitrogens with zero attached hydrogens (tertiary/aromatic N) is 2. The van der Waals surface area contributed by atoms with Crippen LogP contribution in [0, 0.1) is 13.8 Å². The Morgan fingerprint density at radius 3 is 2.54 bits per heavy atom. The molecule has 2 fully saturated rings. The summed E-state index contributed by atoms with van der Waals surface area (Å²) < 4.78 is 0. The maximum Gasteiger partial charge on any atom is 0.242 e. The quantitative estimate of drug-likeness (QED) is 0.729. The molecular weight excluding hydrogens is 370 g/mol. The average molecular weight is 402 g/mol. The summed E-state index contributed by atoms with van der Waals surface area (Å²) >= 11 is 1.46. The molecule has 0 unspecified atom stereocenters. The lowest BCUT2D eigenvalue weighted by Crippen LogP contribution is -2.41. The zero-order chi connectivity index (χ0) is 20.1. The summed E-state index contributed by atoms with van der Waals surface area (Å²) in [5.74, 6) is -0.0630. The largest absolute Gasteiger partial charge is 0.326 e. The summed E-state index contributed by atoms with van der Waals surface area (Å²) in [4.78, 5) is 32.2. The van der Waals surface area contributed by atoms with Crippen LogP contribution in [0.4, 0.5) is 5.69 Å². The number of thioether (sulfide) groups is 1. The molecule has 3 rings (SSSR count). The summed E-state index contributed by atoms with van der Waals surface area (Å²) in [6.07, 6.45) is 7.07. The lowest BCUT2D eigenvalue weighted by atomic mass is 10.1. The number of benzene rings is 1. The summed E-state index contributed by atoms with van der Waals surface area (Å²) in [6, 6.07) is 6.12. The van der Waals surface area contributed by atoms with Crippen molar-refractivity contribution in [1.82, 2.24) is 4.90 Å². The number of amides is 2. The lowest BCUT2D eigenvalue weighted by molar-refractivity contribution is -0.129. The minimum atomic E-state index is -0.375. The third-order valence-corrected chi connectivity index (χ3v) is 6.80. The minimum Gasteiger partial charge on any atom is -0.326 e. The first-order valence-electron chi connectivity index (χ1n) is 10.4. The van der Waals surface area contributed by atoms with E-state index in [-0.39, 0.29) is 29.5 Å². The number of hydrogen-bond donors (Lipinski definition) is 1. The Hall–Kier alpha value is -1.82. The normalized spacial score (nSPS) is 22.5. The molecule has 2 amide bonds. The van der Waals surface area contributed by atoms with Crippen LogP contribution in [0.1, 0.15) is 63.0 Å². The fourth-order valence-corrected chi connectivity index (χ4v) is 5.17. The molecule has 0 radical (unpaired) electrons. The molecule has 152 valence electrons. The van der Waals surface area contributed by atoms with E-state index in [1.165, 1.54) is 30.2 Å². The molecule has 1 N–H and O–H groups in total. The number of hydrogen-bond acceptors (Lipinski definition) is 4. The van der Waals surface area contributed by atoms with Crippen LogP contribution in [0.5, 0.6) is 0 Å². The Kier molecular flexibility index (Phi) is 7.16. The van der Waals surface area contributed by atoms with Crippen LogP contribution in [0.3, 0.4) is 0 Å². The second-order valence-electron chi connectivity index (χ2n) is 7.77. The molecule has 1 aliphatic carbocycles. The zero-order valence-corrected chi connectivity index (χ0v) is 18.0. The van der Waals surface area contributed by atoms with Gasteiger partial charge in [0.2, 0.25) is 11.8 Å². The number of amidine groups is 1. The molecule has 1 aliphatic heterocycles. The van der Waals surface area contributed by atoms with Crippen molar-refractivity contribution in [2.45, 2.75) is 77.0 Å². The minimum absolute atomic E-state index is 0.0549. The molecule has 1 aromatic carbocycles. The van der Waals surface area contributed by atoms with Crippen LogP contribution < -0.4 is 5.32 Å². The van der Waals surface area contributed by atoms with Crippen molar-refractivity contribution in [3.05, 3.63) is 29.3 Å². The van der Waals surface area contributed by atoms with Gasteiger partial charge in [-0.2, -0.15) is 0 Å². The highest BCUT2D eigenvalue weighted by Gasteiger charge is 2.42. The Morgan fingerprint density at radius 2 is 1.89 bits per heavy atom. The van der Waals surface area contributed by atoms with E-state index in [0.29, 0.717) is 6.54 Å². The van der Waals surface area contributed by atoms with Gasteiger partial charge >= 0.3 is 0 Å². The SMILES string of the molecule is CCN=C1S[C@H](CC(=O)Nc2ccc(C)c(C)c2)C(=O)N1C1CCCCCC1. The van der Waals surface area contributed by atoms with Crippen LogP contribution in [-0.2, 0) is 9.59 Å². The fourth-order valence-electron chi connectivity index (χ4n) is 3.91. The standard InChI is InChI=1S/C22H31N3O2S/c1-4-23-22-25(18-9-7-5-6-8-10-18)21(27)19(28-22)14-20(26)24-17-12-11-15(2)16(3)13-17/h11-13,18-19H,4-10,14H2,1-3H3,(H,24,26)/t19-/m1/s1. The van der Waals surface area contributed by atoms with Crippen molar-refractivity contribution >= 4 is 34.4 Å². The topological polar surface area (TPSA) is 61.8 Å². The molecule has 1 aromatic rings. The third-order valence-electron chi connectivity index (χ3n) is 5.61. The number of carbonyl (C=O) groups excluding carboxylic acids is 2. The van der Waals surface area contributed by atoms with E-state index in [1.807, 2.05) is 43.9 Å². The summed E-state index contributed by atoms with van der Waals surface area (Å²) in [7, 11) is 0. The maximum absolute atomic E-state index is 13.1. The highest BCUT2D eigenvalue weighted by Crippen LogP contribution is 2.35. The van der Waals surface area contributed by atoms with Crippen molar-refractivity contribution in [1.29, 1.82) is 0 Å². The van der Waals surface area contributed by atoms with Gasteiger partial charge in [-0.3, -0.25) is 19.5 Å². The van der Waals surface area contributed by atoms with Crippen LogP contribution in [0.15, 0.2) is 23.2 Å². The Bertz CT molecular complexity index is 754. The third kappa shape index (κ3) is 4.96. The first-order valence-corrected chi connectivity index (χ1v) is 11.3. The van der Waals surface area contributed by atoms with E-state index >= 15 is 0 Å². The van der Waals surface area contributed by atoms with E-state index in [0.717, 1.165) is 42.1 Å². The zero-order valence-electron chi connectivity index (χ0n) is 17.2. The van der Waals surface area contributed by atoms with Crippen molar-refractivity contribution in [3.63, 3.8) is 0 Å². The van der Waals surface area contributed by atoms with Crippen molar-refractivity contribution in [2.75, 3.05) is 11.9 Å². The second-order valence-corrected chi connectivity index (χ2v) is 8.94. The Morgan fingerprint density at radius 1 is 1.18 bits per heavy atom. The predicted molar refractivity (Wildman–Crippen MR) is 117 cm³/mol. The molecule has 2 aliphatic rings. The molecule has 28 heavy (non-hydrogen) atoms. The monoisotopic (exact) mass is 401 g/mol. The molecule has 0 spiro atoms. The van der Waals surface area contributed by atoms with Gasteiger partial charge in [-0.25, -0.2) is 0 Å². The number of aliphatic imine (C=N–C) groups is 1. The summed E-state index contributed by atoms with van der Waals surface area (Å²) in [6.45, 7) is 6.72. The van der Waals surface area contributed by atoms with Gasteiger partial charge in [0.05, 0.1) is 0 Å². The predicted octanol–water partition coefficient (Wildman–Crippen LogP) is 4.67. The van der Waals surface area contributed by atoms with Gasteiger partial charge in [0.1, 0.15) is 5.25 Å². The molecule has 0 bridgehead atoms. The highest BCUT2D eigenvalue weighted by molar-refractivity contribution is 8.15. The van der Waals surface area contributed by atoms with Crippen molar-refractivity contribution in [2.24, 2.45) is 4.99 Å². The summed E-state index contributed by atoms with van der Waals surface area (Å²) in [5.41, 5.74) is 3.12. The van der Waals surface area contributed by atoms with E-state index in [1.54, 1.807) is 0 Å². The van der Waals surface area contributed by atoms with Gasteiger partial charge in [0, 0.05) is 24.7 Å². The van der Waals surface area contributed by atoms with Crippen LogP contribution >= 0.6 is 11.8 Å². The summed E-state index contributed by atoms with van der Waals surface area (Å²) in [5, 5.41) is 3.38. The van der Waals surface area contributed by atoms with E-state index < -0.39 is 0 Å². The van der Waals surface area contributed by atoms with Gasteiger partial charge in [-0.1, -0.05) is 43.5 Å². The molecular formula is C22H31N3O2S. The number of rotatable bonds is 5. The number of carbonyl (C=O) groups is 2. The Balaban J connectivity index is 1.67. The molecule has 1 atom stereocenters. The van der Waals surface area contributed by atoms with E-state index in [2.05, 4.69) is 10.3 Å². The smallest absolute Gasteiger partial charge is 0.242 e. The van der Waals surface area contributed by atoms with E-state index in [4.69, 9.17) is 0 Å². The van der Waals surface area contributed by atoms with Gasteiger partial charge in [-0.15, -0.1) is 0 Å². The molecule has 0 aromatic heterocycles. The molecule has 5 nitrogen and oxygen atoms in total. The second kappa shape index (κ2) is 9.59. The van der Waals surface area contributed by atoms with Crippen LogP contribution in [0.25, 0.3) is 0 Å². The maximum atomic E-state index is 13.1. The van der Waals surface area contributed by atoms with Crippen LogP contribution in [0.2, 0.25) is 0 Å². The van der Waals surface area contributed by atoms with Gasteiger partial charge in [0.25, 0.3) is 0 Å². The fraction of sp³-hybridized carbons (Fsp3) is 0.591.